The molecular weight excluding hydrogens is 472 g/mol. The topological polar surface area (TPSA) is 17.8 Å². The molecule has 0 radical (unpaired) electrons. The number of imidazole rings is 1. The molecule has 0 saturated heterocycles. The van der Waals surface area contributed by atoms with E-state index in [1.54, 1.807) is 0 Å². The van der Waals surface area contributed by atoms with Crippen LogP contribution in [-0.2, 0) is 0 Å². The first-order valence-corrected chi connectivity index (χ1v) is 13.3. The minimum absolute atomic E-state index is 0.946. The van der Waals surface area contributed by atoms with E-state index in [9.17, 15) is 0 Å². The maximum atomic E-state index is 5.08. The van der Waals surface area contributed by atoms with Gasteiger partial charge >= 0.3 is 0 Å². The number of aromatic nitrogens is 2. The van der Waals surface area contributed by atoms with Gasteiger partial charge in [-0.25, -0.2) is 4.98 Å². The van der Waals surface area contributed by atoms with E-state index in [1.807, 2.05) is 6.07 Å². The maximum absolute atomic E-state index is 5.08. The van der Waals surface area contributed by atoms with Crippen LogP contribution in [0.4, 0.5) is 0 Å². The summed E-state index contributed by atoms with van der Waals surface area (Å²) in [6.45, 7) is 0. The zero-order chi connectivity index (χ0) is 25.8. The van der Waals surface area contributed by atoms with Gasteiger partial charge in [0.25, 0.3) is 0 Å². The fraction of sp³-hybridized carbons (Fsp3) is 0. The summed E-state index contributed by atoms with van der Waals surface area (Å²) < 4.78 is 2.26. The van der Waals surface area contributed by atoms with Crippen LogP contribution in [0.15, 0.2) is 146 Å². The van der Waals surface area contributed by atoms with Gasteiger partial charge in [-0.1, -0.05) is 109 Å². The molecule has 1 heterocycles. The highest BCUT2D eigenvalue weighted by molar-refractivity contribution is 6.25. The summed E-state index contributed by atoms with van der Waals surface area (Å²) in [5, 5.41) is 7.75. The van der Waals surface area contributed by atoms with Gasteiger partial charge in [-0.15, -0.1) is 0 Å². The first kappa shape index (κ1) is 21.8. The van der Waals surface area contributed by atoms with Gasteiger partial charge in [0.1, 0.15) is 5.82 Å². The lowest BCUT2D eigenvalue weighted by molar-refractivity contribution is 1.10. The van der Waals surface area contributed by atoms with Gasteiger partial charge < -0.3 is 0 Å². The Bertz CT molecular complexity index is 2140. The lowest BCUT2D eigenvalue weighted by Gasteiger charge is -2.13. The van der Waals surface area contributed by atoms with Crippen LogP contribution in [0.5, 0.6) is 0 Å². The summed E-state index contributed by atoms with van der Waals surface area (Å²) >= 11 is 0. The van der Waals surface area contributed by atoms with Crippen molar-refractivity contribution in [3.63, 3.8) is 0 Å². The molecule has 0 spiro atoms. The maximum Gasteiger partial charge on any atom is 0.145 e. The third-order valence-electron chi connectivity index (χ3n) is 7.77. The molecule has 0 aliphatic rings. The van der Waals surface area contributed by atoms with E-state index < -0.39 is 0 Å². The highest BCUT2D eigenvalue weighted by atomic mass is 15.1. The first-order chi connectivity index (χ1) is 19.3. The third-order valence-corrected chi connectivity index (χ3v) is 7.77. The monoisotopic (exact) mass is 496 g/mol. The Hall–Kier alpha value is -5.21. The average molecular weight is 497 g/mol. The molecule has 2 nitrogen and oxygen atoms in total. The van der Waals surface area contributed by atoms with Gasteiger partial charge in [0.05, 0.1) is 11.0 Å². The summed E-state index contributed by atoms with van der Waals surface area (Å²) in [5.74, 6) is 0.946. The van der Waals surface area contributed by atoms with E-state index in [-0.39, 0.29) is 0 Å². The number of nitrogens with zero attached hydrogens (tertiary/aromatic N) is 2. The van der Waals surface area contributed by atoms with Crippen molar-refractivity contribution >= 4 is 43.4 Å². The van der Waals surface area contributed by atoms with Crippen LogP contribution in [0.2, 0.25) is 0 Å². The lowest BCUT2D eigenvalue weighted by Crippen LogP contribution is -1.97. The van der Waals surface area contributed by atoms with Crippen LogP contribution in [0.3, 0.4) is 0 Å². The molecule has 8 aromatic rings. The van der Waals surface area contributed by atoms with Gasteiger partial charge in [-0.3, -0.25) is 4.57 Å². The minimum atomic E-state index is 0.946. The number of rotatable bonds is 3. The molecule has 2 heteroatoms. The predicted molar refractivity (Wildman–Crippen MR) is 164 cm³/mol. The molecule has 182 valence electrons. The number of benzene rings is 7. The lowest BCUT2D eigenvalue weighted by atomic mass is 9.92. The molecule has 39 heavy (non-hydrogen) atoms. The molecule has 0 N–H and O–H groups in total. The second-order valence-electron chi connectivity index (χ2n) is 10.0. The van der Waals surface area contributed by atoms with E-state index in [0.29, 0.717) is 0 Å². The molecule has 0 fully saturated rings. The van der Waals surface area contributed by atoms with Crippen LogP contribution >= 0.6 is 0 Å². The van der Waals surface area contributed by atoms with Gasteiger partial charge in [-0.2, -0.15) is 0 Å². The second kappa shape index (κ2) is 8.68. The minimum Gasteiger partial charge on any atom is -0.292 e. The van der Waals surface area contributed by atoms with Crippen LogP contribution < -0.4 is 0 Å². The Kier molecular flexibility index (Phi) is 4.86. The molecule has 0 amide bonds. The quantitative estimate of drug-likeness (QED) is 0.223. The summed E-state index contributed by atoms with van der Waals surface area (Å²) in [6.07, 6.45) is 0. The Morgan fingerprint density at radius 3 is 1.69 bits per heavy atom. The largest absolute Gasteiger partial charge is 0.292 e. The van der Waals surface area contributed by atoms with Crippen molar-refractivity contribution in [3.8, 4) is 28.2 Å². The summed E-state index contributed by atoms with van der Waals surface area (Å²) in [5.41, 5.74) is 6.68. The highest BCUT2D eigenvalue weighted by Crippen LogP contribution is 2.38. The SMILES string of the molecule is c1ccc(-n2c(-c3cccc(-c4ccc5c6ccccc6c6ccccc6c5c4)c3)nc3ccccc32)cc1. The van der Waals surface area contributed by atoms with E-state index >= 15 is 0 Å². The molecule has 8 rings (SSSR count). The zero-order valence-electron chi connectivity index (χ0n) is 21.3. The van der Waals surface area contributed by atoms with Crippen molar-refractivity contribution in [2.75, 3.05) is 0 Å². The molecule has 0 aliphatic carbocycles. The molecule has 0 saturated carbocycles. The molecule has 0 unspecified atom stereocenters. The van der Waals surface area contributed by atoms with E-state index in [0.717, 1.165) is 28.1 Å². The smallest absolute Gasteiger partial charge is 0.145 e. The zero-order valence-corrected chi connectivity index (χ0v) is 21.3. The Balaban J connectivity index is 1.34. The van der Waals surface area contributed by atoms with Crippen LogP contribution in [-0.4, -0.2) is 9.55 Å². The molecule has 0 bridgehead atoms. The fourth-order valence-corrected chi connectivity index (χ4v) is 5.98. The number of para-hydroxylation sites is 3. The summed E-state index contributed by atoms with van der Waals surface area (Å²) in [7, 11) is 0. The normalized spacial score (nSPS) is 11.6. The van der Waals surface area contributed by atoms with Crippen molar-refractivity contribution in [1.82, 2.24) is 9.55 Å². The number of fused-ring (bicyclic) bond motifs is 7. The van der Waals surface area contributed by atoms with Gasteiger partial charge in [0.2, 0.25) is 0 Å². The van der Waals surface area contributed by atoms with E-state index in [4.69, 9.17) is 4.98 Å². The Labute approximate surface area is 226 Å². The van der Waals surface area contributed by atoms with E-state index in [2.05, 4.69) is 144 Å². The predicted octanol–water partition coefficient (Wildman–Crippen LogP) is 9.82. The molecule has 7 aromatic carbocycles. The molecular formula is C37H24N2. The van der Waals surface area contributed by atoms with Crippen molar-refractivity contribution in [2.24, 2.45) is 0 Å². The Morgan fingerprint density at radius 2 is 0.949 bits per heavy atom. The van der Waals surface area contributed by atoms with Crippen molar-refractivity contribution < 1.29 is 0 Å². The number of hydrogen-bond acceptors (Lipinski definition) is 1. The van der Waals surface area contributed by atoms with Gasteiger partial charge in [-0.05, 0) is 79.8 Å². The first-order valence-electron chi connectivity index (χ1n) is 13.3. The van der Waals surface area contributed by atoms with E-state index in [1.165, 1.54) is 43.4 Å². The molecule has 0 aliphatic heterocycles. The third kappa shape index (κ3) is 3.46. The van der Waals surface area contributed by atoms with Gasteiger partial charge in [0, 0.05) is 11.3 Å². The summed E-state index contributed by atoms with van der Waals surface area (Å²) in [4.78, 5) is 5.08. The molecule has 1 aromatic heterocycles. The van der Waals surface area contributed by atoms with Crippen molar-refractivity contribution in [2.45, 2.75) is 0 Å². The van der Waals surface area contributed by atoms with Crippen LogP contribution in [0.25, 0.3) is 71.6 Å². The highest BCUT2D eigenvalue weighted by Gasteiger charge is 2.15. The van der Waals surface area contributed by atoms with Crippen LogP contribution in [0.1, 0.15) is 0 Å². The van der Waals surface area contributed by atoms with Crippen molar-refractivity contribution in [1.29, 1.82) is 0 Å². The van der Waals surface area contributed by atoms with Gasteiger partial charge in [0.15, 0.2) is 0 Å². The Morgan fingerprint density at radius 1 is 0.385 bits per heavy atom. The standard InChI is InChI=1S/C37H24N2/c1-2-13-28(14-3-1)39-36-20-9-8-19-35(36)38-37(39)27-12-10-11-25(23-27)26-21-22-33-31-17-5-4-15-29(31)30-16-6-7-18-32(30)34(33)24-26/h1-24H. The second-order valence-corrected chi connectivity index (χ2v) is 10.0. The average Bonchev–Trinajstić information content (AvgIpc) is 3.41. The summed E-state index contributed by atoms with van der Waals surface area (Å²) in [6, 6.07) is 52.0. The number of hydrogen-bond donors (Lipinski definition) is 0. The van der Waals surface area contributed by atoms with Crippen LogP contribution in [0, 0.1) is 0 Å². The molecule has 0 atom stereocenters. The fourth-order valence-electron chi connectivity index (χ4n) is 5.98. The van der Waals surface area contributed by atoms with Crippen molar-refractivity contribution in [3.05, 3.63) is 146 Å².